The molecular formula is C21H23N5O4. The van der Waals surface area contributed by atoms with Crippen LogP contribution in [0.5, 0.6) is 5.75 Å². The van der Waals surface area contributed by atoms with Crippen LogP contribution in [0.1, 0.15) is 24.3 Å². The predicted molar refractivity (Wildman–Crippen MR) is 112 cm³/mol. The van der Waals surface area contributed by atoms with Crippen LogP contribution in [0.3, 0.4) is 0 Å². The lowest BCUT2D eigenvalue weighted by atomic mass is 10.1. The fourth-order valence-corrected chi connectivity index (χ4v) is 2.81. The average molecular weight is 409 g/mol. The molecule has 2 heterocycles. The Morgan fingerprint density at radius 3 is 2.33 bits per heavy atom. The van der Waals surface area contributed by atoms with E-state index < -0.39 is 5.91 Å². The first-order valence-corrected chi connectivity index (χ1v) is 9.69. The molecule has 0 spiro atoms. The number of aryl methyl sites for hydroxylation is 1. The van der Waals surface area contributed by atoms with Gasteiger partial charge < -0.3 is 10.1 Å². The Morgan fingerprint density at radius 1 is 0.933 bits per heavy atom. The van der Waals surface area contributed by atoms with Gasteiger partial charge in [-0.2, -0.15) is 10.2 Å². The molecule has 3 aromatic rings. The fraction of sp³-hybridized carbons (Fsp3) is 0.286. The molecule has 0 saturated heterocycles. The van der Waals surface area contributed by atoms with Crippen molar-refractivity contribution in [2.45, 2.75) is 26.9 Å². The van der Waals surface area contributed by atoms with Gasteiger partial charge in [-0.3, -0.25) is 14.4 Å². The smallest absolute Gasteiger partial charge is 0.271 e. The minimum atomic E-state index is -0.423. The Morgan fingerprint density at radius 2 is 1.63 bits per heavy atom. The quantitative estimate of drug-likeness (QED) is 0.601. The van der Waals surface area contributed by atoms with E-state index in [-0.39, 0.29) is 29.9 Å². The highest BCUT2D eigenvalue weighted by Crippen LogP contribution is 2.19. The number of ether oxygens (including phenoxy) is 1. The Hall–Kier alpha value is -3.75. The van der Waals surface area contributed by atoms with Gasteiger partial charge >= 0.3 is 0 Å². The van der Waals surface area contributed by atoms with Crippen molar-refractivity contribution in [3.63, 3.8) is 0 Å². The molecule has 156 valence electrons. The number of benzene rings is 1. The van der Waals surface area contributed by atoms with Gasteiger partial charge in [-0.05, 0) is 50.2 Å². The Kier molecular flexibility index (Phi) is 6.74. The van der Waals surface area contributed by atoms with Gasteiger partial charge in [-0.1, -0.05) is 0 Å². The highest BCUT2D eigenvalue weighted by atomic mass is 16.5. The van der Waals surface area contributed by atoms with Gasteiger partial charge in [0.05, 0.1) is 18.8 Å². The van der Waals surface area contributed by atoms with Crippen LogP contribution in [-0.2, 0) is 13.1 Å². The molecule has 1 amide bonds. The lowest BCUT2D eigenvalue weighted by Crippen LogP contribution is -2.33. The van der Waals surface area contributed by atoms with E-state index in [9.17, 15) is 14.4 Å². The van der Waals surface area contributed by atoms with Gasteiger partial charge in [0.1, 0.15) is 11.4 Å². The summed E-state index contributed by atoms with van der Waals surface area (Å²) in [5, 5.41) is 11.1. The molecule has 0 fully saturated rings. The monoisotopic (exact) mass is 409 g/mol. The second kappa shape index (κ2) is 9.64. The molecule has 3 rings (SSSR count). The minimum absolute atomic E-state index is 0.139. The number of aromatic nitrogens is 4. The van der Waals surface area contributed by atoms with E-state index in [1.807, 2.05) is 31.2 Å². The van der Waals surface area contributed by atoms with Crippen molar-refractivity contribution in [2.24, 2.45) is 0 Å². The molecule has 1 N–H and O–H groups in total. The Balaban J connectivity index is 1.67. The van der Waals surface area contributed by atoms with Gasteiger partial charge in [0.2, 0.25) is 0 Å². The van der Waals surface area contributed by atoms with Crippen molar-refractivity contribution in [3.8, 4) is 17.0 Å². The predicted octanol–water partition coefficient (Wildman–Crippen LogP) is 1.32. The maximum Gasteiger partial charge on any atom is 0.271 e. The summed E-state index contributed by atoms with van der Waals surface area (Å²) in [5.41, 5.74) is 1.09. The molecule has 2 aromatic heterocycles. The van der Waals surface area contributed by atoms with E-state index in [1.165, 1.54) is 27.6 Å². The second-order valence-corrected chi connectivity index (χ2v) is 6.37. The highest BCUT2D eigenvalue weighted by Gasteiger charge is 2.10. The van der Waals surface area contributed by atoms with E-state index in [4.69, 9.17) is 4.74 Å². The van der Waals surface area contributed by atoms with Gasteiger partial charge in [-0.25, -0.2) is 9.36 Å². The molecule has 9 nitrogen and oxygen atoms in total. The summed E-state index contributed by atoms with van der Waals surface area (Å²) in [4.78, 5) is 36.0. The third kappa shape index (κ3) is 4.99. The lowest BCUT2D eigenvalue weighted by Gasteiger charge is -2.09. The van der Waals surface area contributed by atoms with Gasteiger partial charge in [0, 0.05) is 30.8 Å². The van der Waals surface area contributed by atoms with E-state index >= 15 is 0 Å². The second-order valence-electron chi connectivity index (χ2n) is 6.37. The number of amides is 1. The zero-order valence-electron chi connectivity index (χ0n) is 16.9. The molecule has 0 bridgehead atoms. The van der Waals surface area contributed by atoms with Crippen molar-refractivity contribution >= 4 is 5.91 Å². The van der Waals surface area contributed by atoms with Crippen molar-refractivity contribution in [1.29, 1.82) is 0 Å². The van der Waals surface area contributed by atoms with E-state index in [0.717, 1.165) is 11.3 Å². The largest absolute Gasteiger partial charge is 0.494 e. The summed E-state index contributed by atoms with van der Waals surface area (Å²) in [6, 6.07) is 13.2. The summed E-state index contributed by atoms with van der Waals surface area (Å²) in [7, 11) is 0. The van der Waals surface area contributed by atoms with Crippen LogP contribution in [0.15, 0.2) is 58.1 Å². The molecule has 0 aliphatic carbocycles. The molecule has 0 aliphatic heterocycles. The third-order valence-corrected chi connectivity index (χ3v) is 4.34. The van der Waals surface area contributed by atoms with Crippen LogP contribution < -0.4 is 21.2 Å². The average Bonchev–Trinajstić information content (AvgIpc) is 2.76. The number of hydrogen-bond donors (Lipinski definition) is 1. The molecule has 0 aliphatic rings. The van der Waals surface area contributed by atoms with Gasteiger partial charge in [0.25, 0.3) is 17.0 Å². The minimum Gasteiger partial charge on any atom is -0.494 e. The number of nitrogens with one attached hydrogen (secondary N) is 1. The summed E-state index contributed by atoms with van der Waals surface area (Å²) in [5.74, 6) is 0.341. The fourth-order valence-electron chi connectivity index (χ4n) is 2.81. The molecular weight excluding hydrogens is 386 g/mol. The number of carbonyl (C=O) groups excluding carboxylic acids is 1. The van der Waals surface area contributed by atoms with Crippen molar-refractivity contribution in [3.05, 3.63) is 74.9 Å². The highest BCUT2D eigenvalue weighted by molar-refractivity contribution is 5.91. The first kappa shape index (κ1) is 21.0. The zero-order valence-corrected chi connectivity index (χ0v) is 16.9. The van der Waals surface area contributed by atoms with Gasteiger partial charge in [-0.15, -0.1) is 0 Å². The summed E-state index contributed by atoms with van der Waals surface area (Å²) in [6.07, 6.45) is 0. The summed E-state index contributed by atoms with van der Waals surface area (Å²) < 4.78 is 7.94. The molecule has 30 heavy (non-hydrogen) atoms. The number of carbonyl (C=O) groups is 1. The number of rotatable bonds is 8. The maximum atomic E-state index is 12.3. The molecule has 1 aromatic carbocycles. The number of hydrogen-bond acceptors (Lipinski definition) is 6. The molecule has 9 heteroatoms. The van der Waals surface area contributed by atoms with Crippen LogP contribution in [0.25, 0.3) is 11.3 Å². The van der Waals surface area contributed by atoms with Gasteiger partial charge in [0.15, 0.2) is 0 Å². The first-order valence-electron chi connectivity index (χ1n) is 9.69. The Labute approximate surface area is 172 Å². The van der Waals surface area contributed by atoms with Crippen molar-refractivity contribution in [1.82, 2.24) is 24.9 Å². The topological polar surface area (TPSA) is 108 Å². The maximum absolute atomic E-state index is 12.3. The van der Waals surface area contributed by atoms with Crippen LogP contribution >= 0.6 is 0 Å². The van der Waals surface area contributed by atoms with Crippen molar-refractivity contribution < 1.29 is 9.53 Å². The standard InChI is InChI=1S/C21H23N5O4/c1-3-25-19(27)12-10-18(24-25)21(29)22-13-14-26-20(28)11-9-17(23-26)15-5-7-16(8-6-15)30-4-2/h5-12H,3-4,13-14H2,1-2H3,(H,22,29). The molecule has 0 radical (unpaired) electrons. The van der Waals surface area contributed by atoms with Crippen molar-refractivity contribution in [2.75, 3.05) is 13.2 Å². The molecule has 0 saturated carbocycles. The van der Waals surface area contributed by atoms with E-state index in [0.29, 0.717) is 18.8 Å². The lowest BCUT2D eigenvalue weighted by molar-refractivity contribution is 0.0944. The summed E-state index contributed by atoms with van der Waals surface area (Å²) in [6.45, 7) is 5.03. The van der Waals surface area contributed by atoms with E-state index in [2.05, 4.69) is 15.5 Å². The van der Waals surface area contributed by atoms with Crippen LogP contribution in [0, 0.1) is 0 Å². The summed E-state index contributed by atoms with van der Waals surface area (Å²) >= 11 is 0. The molecule has 0 atom stereocenters. The first-order chi connectivity index (χ1) is 14.5. The zero-order chi connectivity index (χ0) is 21.5. The van der Waals surface area contributed by atoms with Crippen LogP contribution in [0.2, 0.25) is 0 Å². The molecule has 0 unspecified atom stereocenters. The normalized spacial score (nSPS) is 10.6. The SMILES string of the molecule is CCOc1ccc(-c2ccc(=O)n(CCNC(=O)c3ccc(=O)n(CC)n3)n2)cc1. The van der Waals surface area contributed by atoms with Crippen LogP contribution in [0.4, 0.5) is 0 Å². The van der Waals surface area contributed by atoms with Crippen LogP contribution in [-0.4, -0.2) is 38.6 Å². The Bertz CT molecular complexity index is 1140. The third-order valence-electron chi connectivity index (χ3n) is 4.34. The number of nitrogens with zero attached hydrogens (tertiary/aromatic N) is 4. The van der Waals surface area contributed by atoms with E-state index in [1.54, 1.807) is 13.0 Å².